The van der Waals surface area contributed by atoms with Crippen LogP contribution in [0.2, 0.25) is 0 Å². The molecule has 126 valence electrons. The summed E-state index contributed by atoms with van der Waals surface area (Å²) in [5.41, 5.74) is 8.52. The molecule has 0 radical (unpaired) electrons. The Morgan fingerprint density at radius 1 is 1.50 bits per heavy atom. The predicted octanol–water partition coefficient (Wildman–Crippen LogP) is 1.73. The largest absolute Gasteiger partial charge is 0.395 e. The molecule has 1 aromatic rings. The van der Waals surface area contributed by atoms with E-state index in [4.69, 9.17) is 21.8 Å². The normalized spacial score (nSPS) is 12.2. The lowest BCUT2D eigenvalue weighted by Crippen LogP contribution is -2.39. The minimum absolute atomic E-state index is 0.0388. The van der Waals surface area contributed by atoms with E-state index in [9.17, 15) is 9.50 Å². The second-order valence-corrected chi connectivity index (χ2v) is 5.73. The molecular formula is C14H23BrFN3O2S. The summed E-state index contributed by atoms with van der Waals surface area (Å²) in [5.74, 6) is -0.391. The first kappa shape index (κ1) is 23.6. The van der Waals surface area contributed by atoms with Gasteiger partial charge in [-0.1, -0.05) is 15.9 Å². The van der Waals surface area contributed by atoms with Crippen LogP contribution in [0.1, 0.15) is 19.4 Å². The van der Waals surface area contributed by atoms with E-state index < -0.39 is 11.5 Å². The van der Waals surface area contributed by atoms with Gasteiger partial charge in [0.2, 0.25) is 0 Å². The van der Waals surface area contributed by atoms with E-state index in [1.165, 1.54) is 18.2 Å². The average molecular weight is 396 g/mol. The minimum atomic E-state index is -1.73. The van der Waals surface area contributed by atoms with Gasteiger partial charge in [0, 0.05) is 28.3 Å². The maximum Gasteiger partial charge on any atom is 0.151 e. The van der Waals surface area contributed by atoms with Gasteiger partial charge in [-0.05, 0) is 32.0 Å². The summed E-state index contributed by atoms with van der Waals surface area (Å²) < 4.78 is 13.8. The van der Waals surface area contributed by atoms with Gasteiger partial charge in [0.15, 0.2) is 5.72 Å². The van der Waals surface area contributed by atoms with Crippen LogP contribution >= 0.6 is 28.6 Å². The molecule has 0 unspecified atom stereocenters. The third-order valence-electron chi connectivity index (χ3n) is 2.02. The third kappa shape index (κ3) is 11.0. The Kier molecular flexibility index (Phi) is 13.7. The smallest absolute Gasteiger partial charge is 0.151 e. The van der Waals surface area contributed by atoms with Crippen LogP contribution in [-0.4, -0.2) is 29.1 Å². The average Bonchev–Trinajstić information content (AvgIpc) is 2.50. The van der Waals surface area contributed by atoms with E-state index in [1.54, 1.807) is 0 Å². The molecule has 0 saturated heterocycles. The lowest BCUT2D eigenvalue weighted by molar-refractivity contribution is 0.0664. The quantitative estimate of drug-likeness (QED) is 0.394. The fraction of sp³-hybridized carbons (Fsp3) is 0.500. The van der Waals surface area contributed by atoms with E-state index in [-0.39, 0.29) is 23.8 Å². The molecule has 5 nitrogen and oxygen atoms in total. The molecule has 22 heavy (non-hydrogen) atoms. The van der Waals surface area contributed by atoms with Crippen molar-refractivity contribution in [1.29, 1.82) is 5.26 Å². The van der Waals surface area contributed by atoms with Crippen LogP contribution in [-0.2, 0) is 5.72 Å². The second-order valence-electron chi connectivity index (χ2n) is 4.50. The highest BCUT2D eigenvalue weighted by Crippen LogP contribution is 2.23. The van der Waals surface area contributed by atoms with E-state index in [0.29, 0.717) is 11.0 Å². The van der Waals surface area contributed by atoms with Crippen LogP contribution in [0.4, 0.5) is 4.39 Å². The maximum absolute atomic E-state index is 13.2. The molecule has 0 aromatic heterocycles. The highest BCUT2D eigenvalue weighted by atomic mass is 79.9. The molecule has 0 heterocycles. The molecule has 0 bridgehead atoms. The van der Waals surface area contributed by atoms with Crippen LogP contribution in [0.25, 0.3) is 0 Å². The van der Waals surface area contributed by atoms with Crippen molar-refractivity contribution < 1.29 is 14.6 Å². The summed E-state index contributed by atoms with van der Waals surface area (Å²) in [7, 11) is 0. The Morgan fingerprint density at radius 2 is 1.95 bits per heavy atom. The molecule has 0 aliphatic rings. The van der Waals surface area contributed by atoms with Gasteiger partial charge in [-0.25, -0.2) is 4.39 Å². The van der Waals surface area contributed by atoms with Gasteiger partial charge in [-0.3, -0.25) is 5.73 Å². The third-order valence-corrected chi connectivity index (χ3v) is 3.00. The molecule has 1 aromatic carbocycles. The van der Waals surface area contributed by atoms with Gasteiger partial charge in [0.05, 0.1) is 12.7 Å². The summed E-state index contributed by atoms with van der Waals surface area (Å²) in [4.78, 5) is 0. The summed E-state index contributed by atoms with van der Waals surface area (Å²) in [6, 6.07) is 6.24. The first-order valence-electron chi connectivity index (χ1n) is 6.44. The number of rotatable bonds is 3. The second kappa shape index (κ2) is 12.8. The van der Waals surface area contributed by atoms with Crippen molar-refractivity contribution in [2.75, 3.05) is 18.9 Å². The molecule has 0 aliphatic heterocycles. The van der Waals surface area contributed by atoms with Gasteiger partial charge in [-0.2, -0.15) is 17.9 Å². The van der Waals surface area contributed by atoms with E-state index in [1.807, 2.05) is 19.9 Å². The Morgan fingerprint density at radius 3 is 2.27 bits per heavy atom. The molecule has 0 saturated carbocycles. The highest BCUT2D eigenvalue weighted by Gasteiger charge is 2.25. The number of aliphatic hydroxyl groups is 2. The van der Waals surface area contributed by atoms with Crippen LogP contribution in [0.5, 0.6) is 0 Å². The van der Waals surface area contributed by atoms with E-state index >= 15 is 0 Å². The highest BCUT2D eigenvalue weighted by molar-refractivity contribution is 9.10. The van der Waals surface area contributed by atoms with Crippen molar-refractivity contribution in [3.05, 3.63) is 34.1 Å². The van der Waals surface area contributed by atoms with Crippen molar-refractivity contribution in [3.63, 3.8) is 0 Å². The molecule has 6 N–H and O–H groups in total. The number of nitrogens with zero attached hydrogens (tertiary/aromatic N) is 1. The first-order chi connectivity index (χ1) is 10.2. The molecular weight excluding hydrogens is 373 g/mol. The standard InChI is InChI=1S/C8H9BrFNOS.C4H7N.C2H7NO/c9-5-1-2-7(10)6(3-5)8(11,12)4-13;1-4(2)3-5;3-1-2-4/h1-3,12-13H,4,11H2;4H,1-2H3;4H,1-3H2/t8-;;/m1../s1. The molecule has 8 heteroatoms. The Hall–Kier alpha value is -0.690. The van der Waals surface area contributed by atoms with Gasteiger partial charge in [0.1, 0.15) is 5.82 Å². The maximum atomic E-state index is 13.2. The molecule has 0 spiro atoms. The monoisotopic (exact) mass is 395 g/mol. The number of hydrogen-bond acceptors (Lipinski definition) is 6. The predicted molar refractivity (Wildman–Crippen MR) is 92.6 cm³/mol. The molecule has 0 fully saturated rings. The van der Waals surface area contributed by atoms with Crippen molar-refractivity contribution in [2.24, 2.45) is 17.4 Å². The first-order valence-corrected chi connectivity index (χ1v) is 7.86. The van der Waals surface area contributed by atoms with Crippen LogP contribution in [0.3, 0.4) is 0 Å². The topological polar surface area (TPSA) is 116 Å². The van der Waals surface area contributed by atoms with Gasteiger partial charge >= 0.3 is 0 Å². The van der Waals surface area contributed by atoms with Crippen molar-refractivity contribution in [1.82, 2.24) is 0 Å². The number of aliphatic hydroxyl groups excluding tert-OH is 1. The Labute approximate surface area is 144 Å². The number of nitriles is 1. The van der Waals surface area contributed by atoms with E-state index in [0.717, 1.165) is 0 Å². The van der Waals surface area contributed by atoms with Crippen LogP contribution < -0.4 is 11.5 Å². The molecule has 1 atom stereocenters. The van der Waals surface area contributed by atoms with Crippen LogP contribution in [0.15, 0.2) is 22.7 Å². The van der Waals surface area contributed by atoms with Gasteiger partial charge in [0.25, 0.3) is 0 Å². The number of thiol groups is 1. The Balaban J connectivity index is 0. The number of hydrogen-bond donors (Lipinski definition) is 5. The number of halogens is 2. The zero-order valence-corrected chi connectivity index (χ0v) is 15.1. The minimum Gasteiger partial charge on any atom is -0.395 e. The molecule has 1 rings (SSSR count). The van der Waals surface area contributed by atoms with E-state index in [2.05, 4.69) is 28.6 Å². The SMILES string of the molecule is CC(C)C#N.NCCO.N[C@@](O)(CS)c1cc(Br)ccc1F. The van der Waals surface area contributed by atoms with Gasteiger partial charge in [-0.15, -0.1) is 0 Å². The summed E-state index contributed by atoms with van der Waals surface area (Å²) in [6.45, 7) is 4.19. The van der Waals surface area contributed by atoms with Crippen molar-refractivity contribution >= 4 is 28.6 Å². The Bertz CT molecular complexity index is 466. The lowest BCUT2D eigenvalue weighted by Gasteiger charge is -2.21. The lowest BCUT2D eigenvalue weighted by atomic mass is 10.1. The fourth-order valence-electron chi connectivity index (χ4n) is 0.914. The van der Waals surface area contributed by atoms with Crippen molar-refractivity contribution in [3.8, 4) is 6.07 Å². The van der Waals surface area contributed by atoms with Gasteiger partial charge < -0.3 is 15.9 Å². The van der Waals surface area contributed by atoms with Crippen LogP contribution in [0, 0.1) is 23.1 Å². The summed E-state index contributed by atoms with van der Waals surface area (Å²) in [6.07, 6.45) is 0. The molecule has 0 amide bonds. The summed E-state index contributed by atoms with van der Waals surface area (Å²) >= 11 is 7.00. The number of benzene rings is 1. The number of nitrogens with two attached hydrogens (primary N) is 2. The zero-order valence-electron chi connectivity index (χ0n) is 12.6. The molecule has 0 aliphatic carbocycles. The summed E-state index contributed by atoms with van der Waals surface area (Å²) in [5, 5.41) is 25.2. The van der Waals surface area contributed by atoms with Crippen molar-refractivity contribution in [2.45, 2.75) is 19.6 Å². The fourth-order valence-corrected chi connectivity index (χ4v) is 1.45. The zero-order chi connectivity index (χ0) is 17.8.